The summed E-state index contributed by atoms with van der Waals surface area (Å²) in [5.41, 5.74) is 0.806. The number of carbonyl (C=O) groups is 1. The highest BCUT2D eigenvalue weighted by Gasteiger charge is 2.17. The molecular weight excluding hydrogens is 339 g/mol. The van der Waals surface area contributed by atoms with Crippen LogP contribution in [0.5, 0.6) is 0 Å². The van der Waals surface area contributed by atoms with Crippen LogP contribution >= 0.6 is 15.9 Å². The zero-order valence-electron chi connectivity index (χ0n) is 11.8. The van der Waals surface area contributed by atoms with Crippen LogP contribution in [0.3, 0.4) is 0 Å². The van der Waals surface area contributed by atoms with Crippen molar-refractivity contribution < 1.29 is 13.6 Å². The second-order valence-corrected chi connectivity index (χ2v) is 5.63. The van der Waals surface area contributed by atoms with Crippen LogP contribution in [0.2, 0.25) is 0 Å². The van der Waals surface area contributed by atoms with E-state index in [0.29, 0.717) is 11.2 Å². The summed E-state index contributed by atoms with van der Waals surface area (Å²) < 4.78 is 19.0. The van der Waals surface area contributed by atoms with Crippen molar-refractivity contribution in [2.75, 3.05) is 20.6 Å². The van der Waals surface area contributed by atoms with Crippen LogP contribution in [0.25, 0.3) is 0 Å². The fourth-order valence-corrected chi connectivity index (χ4v) is 2.33. The van der Waals surface area contributed by atoms with E-state index >= 15 is 0 Å². The Morgan fingerprint density at radius 1 is 1.38 bits per heavy atom. The molecule has 0 aliphatic heterocycles. The Morgan fingerprint density at radius 3 is 2.71 bits per heavy atom. The van der Waals surface area contributed by atoms with Gasteiger partial charge in [0.05, 0.1) is 6.04 Å². The maximum Gasteiger partial charge on any atom is 0.287 e. The molecule has 0 aliphatic rings. The van der Waals surface area contributed by atoms with Gasteiger partial charge in [-0.3, -0.25) is 4.79 Å². The molecule has 0 fully saturated rings. The van der Waals surface area contributed by atoms with Crippen LogP contribution < -0.4 is 5.32 Å². The third-order valence-corrected chi connectivity index (χ3v) is 3.54. The zero-order valence-corrected chi connectivity index (χ0v) is 13.4. The lowest BCUT2D eigenvalue weighted by Crippen LogP contribution is -2.34. The number of carbonyl (C=O) groups excluding carboxylic acids is 1. The molecule has 112 valence electrons. The number of likely N-dealkylation sites (N-methyl/N-ethyl adjacent to an activating group) is 1. The van der Waals surface area contributed by atoms with Crippen LogP contribution in [0.1, 0.15) is 22.2 Å². The summed E-state index contributed by atoms with van der Waals surface area (Å²) >= 11 is 3.15. The van der Waals surface area contributed by atoms with Crippen molar-refractivity contribution >= 4 is 21.8 Å². The predicted molar refractivity (Wildman–Crippen MR) is 81.6 cm³/mol. The molecule has 2 aromatic rings. The average Bonchev–Trinajstić information content (AvgIpc) is 2.85. The minimum Gasteiger partial charge on any atom is -0.444 e. The first-order valence-corrected chi connectivity index (χ1v) is 7.22. The molecule has 1 aromatic heterocycles. The van der Waals surface area contributed by atoms with Crippen LogP contribution in [0, 0.1) is 5.82 Å². The molecule has 0 saturated carbocycles. The molecule has 0 bridgehead atoms. The minimum absolute atomic E-state index is 0.122. The Labute approximate surface area is 131 Å². The first-order valence-electron chi connectivity index (χ1n) is 6.43. The highest BCUT2D eigenvalue weighted by atomic mass is 79.9. The Morgan fingerprint density at radius 2 is 2.14 bits per heavy atom. The minimum atomic E-state index is -0.302. The summed E-state index contributed by atoms with van der Waals surface area (Å²) in [6.45, 7) is 0.355. The van der Waals surface area contributed by atoms with Crippen molar-refractivity contribution in [2.24, 2.45) is 0 Å². The number of hydrogen-bond donors (Lipinski definition) is 1. The van der Waals surface area contributed by atoms with Gasteiger partial charge in [0.15, 0.2) is 10.4 Å². The highest BCUT2D eigenvalue weighted by molar-refractivity contribution is 9.10. The fourth-order valence-electron chi connectivity index (χ4n) is 2.03. The Hall–Kier alpha value is -1.66. The normalized spacial score (nSPS) is 12.4. The molecule has 1 aromatic carbocycles. The van der Waals surface area contributed by atoms with E-state index in [4.69, 9.17) is 4.42 Å². The van der Waals surface area contributed by atoms with Gasteiger partial charge in [-0.15, -0.1) is 0 Å². The first kappa shape index (κ1) is 15.7. The van der Waals surface area contributed by atoms with Gasteiger partial charge in [-0.2, -0.15) is 0 Å². The van der Waals surface area contributed by atoms with Gasteiger partial charge in [0.1, 0.15) is 5.82 Å². The molecule has 0 radical (unpaired) electrons. The number of hydrogen-bond acceptors (Lipinski definition) is 3. The zero-order chi connectivity index (χ0) is 15.4. The molecule has 0 spiro atoms. The number of amides is 1. The van der Waals surface area contributed by atoms with Gasteiger partial charge < -0.3 is 14.6 Å². The lowest BCUT2D eigenvalue weighted by atomic mass is 10.1. The number of halogens is 2. The lowest BCUT2D eigenvalue weighted by Gasteiger charge is -2.25. The standard InChI is InChI=1S/C15H16BrFN2O2/c1-19(2)12(10-4-3-5-11(17)8-10)9-18-15(20)13-6-7-14(16)21-13/h3-8,12H,9H2,1-2H3,(H,18,20). The van der Waals surface area contributed by atoms with Crippen LogP contribution in [-0.4, -0.2) is 31.4 Å². The maximum absolute atomic E-state index is 13.3. The Balaban J connectivity index is 2.05. The van der Waals surface area contributed by atoms with E-state index in [0.717, 1.165) is 5.56 Å². The number of rotatable bonds is 5. The van der Waals surface area contributed by atoms with Crippen LogP contribution in [0.4, 0.5) is 4.39 Å². The molecule has 0 saturated heterocycles. The van der Waals surface area contributed by atoms with Gasteiger partial charge in [-0.05, 0) is 59.9 Å². The van der Waals surface area contributed by atoms with E-state index in [9.17, 15) is 9.18 Å². The number of nitrogens with zero attached hydrogens (tertiary/aromatic N) is 1. The lowest BCUT2D eigenvalue weighted by molar-refractivity contribution is 0.0913. The van der Waals surface area contributed by atoms with E-state index in [1.165, 1.54) is 12.1 Å². The molecule has 4 nitrogen and oxygen atoms in total. The third-order valence-electron chi connectivity index (χ3n) is 3.11. The monoisotopic (exact) mass is 354 g/mol. The Bertz CT molecular complexity index is 628. The summed E-state index contributed by atoms with van der Waals surface area (Å²) in [5.74, 6) is -0.358. The second kappa shape index (κ2) is 6.87. The fraction of sp³-hybridized carbons (Fsp3) is 0.267. The first-order chi connectivity index (χ1) is 9.97. The van der Waals surface area contributed by atoms with Gasteiger partial charge in [-0.25, -0.2) is 4.39 Å². The van der Waals surface area contributed by atoms with Gasteiger partial charge in [0, 0.05) is 6.54 Å². The van der Waals surface area contributed by atoms with Crippen molar-refractivity contribution in [3.63, 3.8) is 0 Å². The number of benzene rings is 1. The summed E-state index contributed by atoms with van der Waals surface area (Å²) in [6, 6.07) is 9.49. The molecule has 21 heavy (non-hydrogen) atoms. The average molecular weight is 355 g/mol. The van der Waals surface area contributed by atoms with E-state index in [1.54, 1.807) is 18.2 Å². The van der Waals surface area contributed by atoms with Crippen LogP contribution in [0.15, 0.2) is 45.5 Å². The molecule has 6 heteroatoms. The summed E-state index contributed by atoms with van der Waals surface area (Å²) in [7, 11) is 3.76. The molecule has 1 amide bonds. The highest BCUT2D eigenvalue weighted by Crippen LogP contribution is 2.19. The second-order valence-electron chi connectivity index (χ2n) is 4.85. The summed E-state index contributed by atoms with van der Waals surface area (Å²) in [4.78, 5) is 13.9. The molecule has 1 unspecified atom stereocenters. The van der Waals surface area contributed by atoms with Gasteiger partial charge in [0.25, 0.3) is 5.91 Å². The number of furan rings is 1. The quantitative estimate of drug-likeness (QED) is 0.896. The Kier molecular flexibility index (Phi) is 5.14. The summed E-state index contributed by atoms with van der Waals surface area (Å²) in [6.07, 6.45) is 0. The number of nitrogens with one attached hydrogen (secondary N) is 1. The van der Waals surface area contributed by atoms with E-state index in [-0.39, 0.29) is 23.5 Å². The van der Waals surface area contributed by atoms with Gasteiger partial charge >= 0.3 is 0 Å². The molecule has 1 heterocycles. The van der Waals surface area contributed by atoms with Gasteiger partial charge in [0.2, 0.25) is 0 Å². The topological polar surface area (TPSA) is 45.5 Å². The van der Waals surface area contributed by atoms with Crippen molar-refractivity contribution in [2.45, 2.75) is 6.04 Å². The molecule has 0 aliphatic carbocycles. The smallest absolute Gasteiger partial charge is 0.287 e. The van der Waals surface area contributed by atoms with E-state index in [2.05, 4.69) is 21.2 Å². The van der Waals surface area contributed by atoms with Crippen molar-refractivity contribution in [3.8, 4) is 0 Å². The maximum atomic E-state index is 13.3. The summed E-state index contributed by atoms with van der Waals surface area (Å²) in [5, 5.41) is 2.79. The van der Waals surface area contributed by atoms with Gasteiger partial charge in [-0.1, -0.05) is 12.1 Å². The molecular formula is C15H16BrFN2O2. The van der Waals surface area contributed by atoms with Crippen LogP contribution in [-0.2, 0) is 0 Å². The predicted octanol–water partition coefficient (Wildman–Crippen LogP) is 3.21. The van der Waals surface area contributed by atoms with Crippen molar-refractivity contribution in [1.29, 1.82) is 0 Å². The van der Waals surface area contributed by atoms with E-state index in [1.807, 2.05) is 25.1 Å². The molecule has 1 N–H and O–H groups in total. The third kappa shape index (κ3) is 4.15. The van der Waals surface area contributed by atoms with Crippen molar-refractivity contribution in [1.82, 2.24) is 10.2 Å². The largest absolute Gasteiger partial charge is 0.444 e. The SMILES string of the molecule is CN(C)C(CNC(=O)c1ccc(Br)o1)c1cccc(F)c1. The molecule has 2 rings (SSSR count). The van der Waals surface area contributed by atoms with Crippen molar-refractivity contribution in [3.05, 3.63) is 58.2 Å². The van der Waals surface area contributed by atoms with E-state index < -0.39 is 0 Å². The molecule has 1 atom stereocenters.